The first-order valence-electron chi connectivity index (χ1n) is 4.10. The fourth-order valence-electron chi connectivity index (χ4n) is 0.955. The lowest BCUT2D eigenvalue weighted by molar-refractivity contribution is 0.238. The van der Waals surface area contributed by atoms with Crippen LogP contribution in [0.5, 0.6) is 6.01 Å². The second-order valence-corrected chi connectivity index (χ2v) is 2.58. The highest BCUT2D eigenvalue weighted by Gasteiger charge is 2.15. The first-order chi connectivity index (χ1) is 6.61. The van der Waals surface area contributed by atoms with Crippen LogP contribution in [0, 0.1) is 0 Å². The molecule has 1 N–H and O–H groups in total. The maximum Gasteiger partial charge on any atom is 0.357 e. The van der Waals surface area contributed by atoms with Gasteiger partial charge in [0.05, 0.1) is 7.11 Å². The molecular formula is C7H12N4O3. The Morgan fingerprint density at radius 2 is 2.29 bits per heavy atom. The molecule has 0 aliphatic rings. The lowest BCUT2D eigenvalue weighted by Gasteiger charge is -1.97. The zero-order valence-corrected chi connectivity index (χ0v) is 8.27. The van der Waals surface area contributed by atoms with E-state index in [2.05, 4.69) is 10.4 Å². The molecule has 0 fully saturated rings. The number of carbonyl (C=O) groups excluding carboxylic acids is 1. The van der Waals surface area contributed by atoms with Gasteiger partial charge in [-0.25, -0.2) is 14.2 Å². The van der Waals surface area contributed by atoms with Crippen molar-refractivity contribution in [2.45, 2.75) is 6.92 Å². The van der Waals surface area contributed by atoms with Gasteiger partial charge in [0.1, 0.15) is 0 Å². The number of carbonyl (C=O) groups is 1. The van der Waals surface area contributed by atoms with E-state index >= 15 is 0 Å². The Balaban J connectivity index is 3.10. The molecule has 0 radical (unpaired) electrons. The number of amides is 1. The topological polar surface area (TPSA) is 78.2 Å². The number of nitrogens with zero attached hydrogens (tertiary/aromatic N) is 3. The maximum atomic E-state index is 11.4. The van der Waals surface area contributed by atoms with Crippen LogP contribution in [-0.4, -0.2) is 34.0 Å². The molecule has 1 aromatic heterocycles. The van der Waals surface area contributed by atoms with Gasteiger partial charge in [0.25, 0.3) is 0 Å². The zero-order valence-electron chi connectivity index (χ0n) is 8.27. The Labute approximate surface area is 80.3 Å². The largest absolute Gasteiger partial charge is 0.467 e. The summed E-state index contributed by atoms with van der Waals surface area (Å²) in [5.41, 5.74) is -0.534. The second-order valence-electron chi connectivity index (χ2n) is 2.58. The third-order valence-corrected chi connectivity index (χ3v) is 1.64. The van der Waals surface area contributed by atoms with Gasteiger partial charge in [-0.2, -0.15) is 0 Å². The first kappa shape index (κ1) is 10.3. The van der Waals surface area contributed by atoms with Gasteiger partial charge in [0.2, 0.25) is 0 Å². The van der Waals surface area contributed by atoms with Gasteiger partial charge in [-0.05, 0) is 6.92 Å². The molecule has 1 rings (SSSR count). The summed E-state index contributed by atoms with van der Waals surface area (Å²) in [6.07, 6.45) is 0. The summed E-state index contributed by atoms with van der Waals surface area (Å²) in [4.78, 5) is 22.7. The predicted molar refractivity (Wildman–Crippen MR) is 48.5 cm³/mol. The summed E-state index contributed by atoms with van der Waals surface area (Å²) in [7, 11) is 2.85. The molecule has 0 atom stereocenters. The molecular weight excluding hydrogens is 188 g/mol. The zero-order chi connectivity index (χ0) is 10.7. The number of methoxy groups -OCH3 is 1. The summed E-state index contributed by atoms with van der Waals surface area (Å²) < 4.78 is 6.66. The second kappa shape index (κ2) is 3.95. The van der Waals surface area contributed by atoms with E-state index in [0.717, 1.165) is 9.25 Å². The maximum absolute atomic E-state index is 11.4. The Kier molecular flexibility index (Phi) is 2.90. The van der Waals surface area contributed by atoms with Crippen molar-refractivity contribution in [3.8, 4) is 6.01 Å². The Hall–Kier alpha value is -1.79. The van der Waals surface area contributed by atoms with Gasteiger partial charge in [0, 0.05) is 13.6 Å². The van der Waals surface area contributed by atoms with Crippen LogP contribution in [0.1, 0.15) is 6.92 Å². The van der Waals surface area contributed by atoms with E-state index in [4.69, 9.17) is 4.74 Å². The fourth-order valence-corrected chi connectivity index (χ4v) is 0.955. The van der Waals surface area contributed by atoms with Gasteiger partial charge in [0.15, 0.2) is 0 Å². The van der Waals surface area contributed by atoms with Crippen LogP contribution in [0.25, 0.3) is 0 Å². The van der Waals surface area contributed by atoms with Gasteiger partial charge in [-0.1, -0.05) is 0 Å². The highest BCUT2D eigenvalue weighted by atomic mass is 16.5. The van der Waals surface area contributed by atoms with Crippen LogP contribution < -0.4 is 15.7 Å². The molecule has 1 amide bonds. The minimum atomic E-state index is -0.559. The van der Waals surface area contributed by atoms with E-state index in [0.29, 0.717) is 6.54 Å². The van der Waals surface area contributed by atoms with Crippen molar-refractivity contribution in [2.24, 2.45) is 7.05 Å². The van der Waals surface area contributed by atoms with E-state index in [1.807, 2.05) is 0 Å². The number of rotatable bonds is 2. The molecule has 0 unspecified atom stereocenters. The van der Waals surface area contributed by atoms with Crippen molar-refractivity contribution in [2.75, 3.05) is 13.7 Å². The Morgan fingerprint density at radius 1 is 1.64 bits per heavy atom. The van der Waals surface area contributed by atoms with Gasteiger partial charge in [-0.3, -0.25) is 0 Å². The van der Waals surface area contributed by atoms with Crippen molar-refractivity contribution < 1.29 is 9.53 Å². The van der Waals surface area contributed by atoms with Gasteiger partial charge < -0.3 is 10.1 Å². The normalized spacial score (nSPS) is 9.93. The summed E-state index contributed by atoms with van der Waals surface area (Å²) in [5.74, 6) is 0. The van der Waals surface area contributed by atoms with Crippen LogP contribution in [0.2, 0.25) is 0 Å². The van der Waals surface area contributed by atoms with Gasteiger partial charge in [-0.15, -0.1) is 9.78 Å². The van der Waals surface area contributed by atoms with Crippen molar-refractivity contribution in [1.82, 2.24) is 19.7 Å². The number of ether oxygens (including phenoxy) is 1. The average Bonchev–Trinajstić information content (AvgIpc) is 2.44. The summed E-state index contributed by atoms with van der Waals surface area (Å²) in [6, 6.07) is -0.461. The summed E-state index contributed by atoms with van der Waals surface area (Å²) >= 11 is 0. The first-order valence-corrected chi connectivity index (χ1v) is 4.10. The molecule has 0 spiro atoms. The molecule has 0 saturated heterocycles. The molecule has 1 heterocycles. The van der Waals surface area contributed by atoms with Crippen LogP contribution in [0.3, 0.4) is 0 Å². The van der Waals surface area contributed by atoms with Gasteiger partial charge >= 0.3 is 17.7 Å². The number of aromatic nitrogens is 3. The smallest absolute Gasteiger partial charge is 0.357 e. The summed E-state index contributed by atoms with van der Waals surface area (Å²) in [5, 5.41) is 6.14. The number of hydrogen-bond acceptors (Lipinski definition) is 4. The van der Waals surface area contributed by atoms with Crippen molar-refractivity contribution in [3.05, 3.63) is 10.5 Å². The van der Waals surface area contributed by atoms with Crippen LogP contribution in [0.4, 0.5) is 4.79 Å². The molecule has 14 heavy (non-hydrogen) atoms. The standard InChI is InChI=1S/C7H12N4O3/c1-4-8-5(12)11-7(13)10(2)6(9-11)14-3/h4H2,1-3H3,(H,8,12). The SMILES string of the molecule is CCNC(=O)n1nc(OC)n(C)c1=O. The Morgan fingerprint density at radius 3 is 2.71 bits per heavy atom. The van der Waals surface area contributed by atoms with Crippen LogP contribution >= 0.6 is 0 Å². The minimum absolute atomic E-state index is 0.0984. The lowest BCUT2D eigenvalue weighted by Crippen LogP contribution is -2.37. The molecule has 0 aliphatic carbocycles. The average molecular weight is 200 g/mol. The molecule has 0 bridgehead atoms. The Bertz CT molecular complexity index is 392. The van der Waals surface area contributed by atoms with Crippen molar-refractivity contribution >= 4 is 6.03 Å². The van der Waals surface area contributed by atoms with E-state index in [1.54, 1.807) is 6.92 Å². The third-order valence-electron chi connectivity index (χ3n) is 1.64. The van der Waals surface area contributed by atoms with E-state index in [-0.39, 0.29) is 6.01 Å². The van der Waals surface area contributed by atoms with E-state index in [1.165, 1.54) is 14.2 Å². The van der Waals surface area contributed by atoms with E-state index in [9.17, 15) is 9.59 Å². The van der Waals surface area contributed by atoms with E-state index < -0.39 is 11.7 Å². The highest BCUT2D eigenvalue weighted by Crippen LogP contribution is 1.98. The van der Waals surface area contributed by atoms with Crippen LogP contribution in [-0.2, 0) is 7.05 Å². The summed E-state index contributed by atoms with van der Waals surface area (Å²) in [6.45, 7) is 2.19. The number of nitrogens with one attached hydrogen (secondary N) is 1. The molecule has 7 heteroatoms. The minimum Gasteiger partial charge on any atom is -0.467 e. The highest BCUT2D eigenvalue weighted by molar-refractivity contribution is 5.75. The lowest BCUT2D eigenvalue weighted by atomic mass is 10.7. The molecule has 0 aliphatic heterocycles. The van der Waals surface area contributed by atoms with Crippen molar-refractivity contribution in [1.29, 1.82) is 0 Å². The molecule has 0 saturated carbocycles. The number of hydrogen-bond donors (Lipinski definition) is 1. The fraction of sp³-hybridized carbons (Fsp3) is 0.571. The van der Waals surface area contributed by atoms with Crippen molar-refractivity contribution in [3.63, 3.8) is 0 Å². The third kappa shape index (κ3) is 1.61. The molecule has 1 aromatic rings. The molecule has 0 aromatic carbocycles. The monoisotopic (exact) mass is 200 g/mol. The predicted octanol–water partition coefficient (Wildman–Crippen LogP) is -0.832. The molecule has 78 valence electrons. The quantitative estimate of drug-likeness (QED) is 0.675. The molecule has 7 nitrogen and oxygen atoms in total. The van der Waals surface area contributed by atoms with Crippen LogP contribution in [0.15, 0.2) is 4.79 Å².